The molecule has 2 rings (SSSR count). The highest BCUT2D eigenvalue weighted by Crippen LogP contribution is 2.34. The van der Waals surface area contributed by atoms with Crippen LogP contribution in [0.15, 0.2) is 17.5 Å². The molecule has 0 saturated carbocycles. The van der Waals surface area contributed by atoms with E-state index in [-0.39, 0.29) is 5.75 Å². The van der Waals surface area contributed by atoms with Gasteiger partial charge in [-0.15, -0.1) is 11.3 Å². The summed E-state index contributed by atoms with van der Waals surface area (Å²) in [5.41, 5.74) is 7.13. The molecule has 0 spiro atoms. The normalized spacial score (nSPS) is 10.2. The summed E-state index contributed by atoms with van der Waals surface area (Å²) in [5, 5.41) is 20.4. The summed E-state index contributed by atoms with van der Waals surface area (Å²) in [6.07, 6.45) is 0.306. The van der Waals surface area contributed by atoms with Crippen LogP contribution in [0.25, 0.3) is 10.1 Å². The molecule has 14 heavy (non-hydrogen) atoms. The molecular weight excluding hydrogens is 196 g/mol. The first-order valence-corrected chi connectivity index (χ1v) is 4.96. The molecule has 4 heteroatoms. The maximum atomic E-state index is 9.45. The smallest absolute Gasteiger partial charge is 0.134 e. The predicted octanol–water partition coefficient (Wildman–Crippen LogP) is 2.26. The summed E-state index contributed by atoms with van der Waals surface area (Å²) < 4.78 is 0.960. The van der Waals surface area contributed by atoms with Gasteiger partial charge in [0.1, 0.15) is 5.75 Å². The third-order valence-corrected chi connectivity index (χ3v) is 3.02. The Morgan fingerprint density at radius 2 is 2.29 bits per heavy atom. The fourth-order valence-corrected chi connectivity index (χ4v) is 2.22. The highest BCUT2D eigenvalue weighted by Gasteiger charge is 2.06. The van der Waals surface area contributed by atoms with E-state index in [4.69, 9.17) is 11.0 Å². The van der Waals surface area contributed by atoms with Crippen LogP contribution in [0.3, 0.4) is 0 Å². The zero-order valence-corrected chi connectivity index (χ0v) is 8.14. The number of nitrogen functional groups attached to an aromatic ring is 1. The number of nitrogens with two attached hydrogens (primary N) is 1. The predicted molar refractivity (Wildman–Crippen MR) is 57.2 cm³/mol. The molecule has 1 heterocycles. The van der Waals surface area contributed by atoms with E-state index >= 15 is 0 Å². The lowest BCUT2D eigenvalue weighted by atomic mass is 10.1. The number of hydrogen-bond donors (Lipinski definition) is 2. The molecule has 1 aromatic heterocycles. The van der Waals surface area contributed by atoms with Crippen LogP contribution in [0.4, 0.5) is 5.69 Å². The van der Waals surface area contributed by atoms with Crippen LogP contribution < -0.4 is 5.73 Å². The van der Waals surface area contributed by atoms with Gasteiger partial charge in [-0.3, -0.25) is 0 Å². The summed E-state index contributed by atoms with van der Waals surface area (Å²) in [5.74, 6) is 0.250. The van der Waals surface area contributed by atoms with Crippen molar-refractivity contribution in [3.63, 3.8) is 0 Å². The Labute approximate surface area is 85.0 Å². The van der Waals surface area contributed by atoms with Crippen LogP contribution in [0.5, 0.6) is 5.75 Å². The Morgan fingerprint density at radius 3 is 3.00 bits per heavy atom. The van der Waals surface area contributed by atoms with Gasteiger partial charge in [-0.25, -0.2) is 0 Å². The molecule has 0 amide bonds. The molecule has 0 unspecified atom stereocenters. The third kappa shape index (κ3) is 1.28. The Balaban J connectivity index is 2.67. The van der Waals surface area contributed by atoms with Gasteiger partial charge in [0, 0.05) is 21.2 Å². The average Bonchev–Trinajstić information content (AvgIpc) is 2.50. The quantitative estimate of drug-likeness (QED) is 0.700. The van der Waals surface area contributed by atoms with Crippen LogP contribution in [0, 0.1) is 11.3 Å². The van der Waals surface area contributed by atoms with Gasteiger partial charge in [-0.05, 0) is 17.7 Å². The second kappa shape index (κ2) is 3.20. The highest BCUT2D eigenvalue weighted by molar-refractivity contribution is 7.17. The molecule has 0 aliphatic carbocycles. The maximum absolute atomic E-state index is 9.45. The van der Waals surface area contributed by atoms with Crippen molar-refractivity contribution in [2.45, 2.75) is 6.42 Å². The van der Waals surface area contributed by atoms with E-state index in [2.05, 4.69) is 6.07 Å². The first-order chi connectivity index (χ1) is 6.72. The Bertz CT molecular complexity index is 525. The summed E-state index contributed by atoms with van der Waals surface area (Å²) in [7, 11) is 0. The fraction of sp³-hybridized carbons (Fsp3) is 0.100. The monoisotopic (exact) mass is 204 g/mol. The van der Waals surface area contributed by atoms with E-state index in [9.17, 15) is 5.11 Å². The average molecular weight is 204 g/mol. The maximum Gasteiger partial charge on any atom is 0.134 e. The molecule has 0 aliphatic rings. The van der Waals surface area contributed by atoms with E-state index < -0.39 is 0 Å². The number of fused-ring (bicyclic) bond motifs is 1. The van der Waals surface area contributed by atoms with Crippen molar-refractivity contribution in [3.05, 3.63) is 23.1 Å². The van der Waals surface area contributed by atoms with Gasteiger partial charge in [-0.1, -0.05) is 0 Å². The Morgan fingerprint density at radius 1 is 1.50 bits per heavy atom. The molecule has 3 N–H and O–H groups in total. The van der Waals surface area contributed by atoms with Gasteiger partial charge in [0.15, 0.2) is 0 Å². The number of nitrogens with zero attached hydrogens (tertiary/aromatic N) is 1. The van der Waals surface area contributed by atoms with Crippen LogP contribution in [0.2, 0.25) is 0 Å². The van der Waals surface area contributed by atoms with E-state index in [0.717, 1.165) is 15.6 Å². The van der Waals surface area contributed by atoms with Crippen molar-refractivity contribution >= 4 is 27.1 Å². The molecule has 0 bridgehead atoms. The lowest BCUT2D eigenvalue weighted by Crippen LogP contribution is -1.92. The molecule has 2 aromatic rings. The van der Waals surface area contributed by atoms with Crippen molar-refractivity contribution in [2.24, 2.45) is 0 Å². The standard InChI is InChI=1S/C10H8N2OS/c11-2-1-6-3-10-7(4-8(6)12)9(13)5-14-10/h3-5,13H,1,12H2. The molecule has 70 valence electrons. The van der Waals surface area contributed by atoms with Gasteiger partial charge in [0.05, 0.1) is 12.5 Å². The fourth-order valence-electron chi connectivity index (χ4n) is 1.36. The second-order valence-corrected chi connectivity index (χ2v) is 3.91. The highest BCUT2D eigenvalue weighted by atomic mass is 32.1. The number of benzene rings is 1. The van der Waals surface area contributed by atoms with Crippen LogP contribution >= 0.6 is 11.3 Å². The Hall–Kier alpha value is -1.73. The molecule has 1 aromatic carbocycles. The van der Waals surface area contributed by atoms with Crippen molar-refractivity contribution in [1.82, 2.24) is 0 Å². The van der Waals surface area contributed by atoms with Crippen molar-refractivity contribution < 1.29 is 5.11 Å². The zero-order chi connectivity index (χ0) is 10.1. The van der Waals surface area contributed by atoms with Gasteiger partial charge in [0.2, 0.25) is 0 Å². The van der Waals surface area contributed by atoms with E-state index in [0.29, 0.717) is 12.1 Å². The van der Waals surface area contributed by atoms with Gasteiger partial charge < -0.3 is 10.8 Å². The van der Waals surface area contributed by atoms with Crippen molar-refractivity contribution in [1.29, 1.82) is 5.26 Å². The lowest BCUT2D eigenvalue weighted by molar-refractivity contribution is 0.484. The van der Waals surface area contributed by atoms with Crippen LogP contribution in [-0.2, 0) is 6.42 Å². The molecule has 0 saturated heterocycles. The minimum absolute atomic E-state index is 0.250. The molecular formula is C10H8N2OS. The third-order valence-electron chi connectivity index (χ3n) is 2.08. The summed E-state index contributed by atoms with van der Waals surface area (Å²) in [6, 6.07) is 5.63. The minimum atomic E-state index is 0.250. The summed E-state index contributed by atoms with van der Waals surface area (Å²) in [6.45, 7) is 0. The first kappa shape index (κ1) is 8.85. The van der Waals surface area contributed by atoms with E-state index in [1.165, 1.54) is 11.3 Å². The molecule has 0 atom stereocenters. The van der Waals surface area contributed by atoms with Crippen molar-refractivity contribution in [2.75, 3.05) is 5.73 Å². The number of aromatic hydroxyl groups is 1. The molecule has 0 fully saturated rings. The minimum Gasteiger partial charge on any atom is -0.506 e. The largest absolute Gasteiger partial charge is 0.506 e. The second-order valence-electron chi connectivity index (χ2n) is 3.00. The zero-order valence-electron chi connectivity index (χ0n) is 7.32. The van der Waals surface area contributed by atoms with E-state index in [1.54, 1.807) is 11.4 Å². The SMILES string of the molecule is N#CCc1cc2scc(O)c2cc1N. The topological polar surface area (TPSA) is 70.0 Å². The number of nitriles is 1. The van der Waals surface area contributed by atoms with Gasteiger partial charge >= 0.3 is 0 Å². The number of thiophene rings is 1. The lowest BCUT2D eigenvalue weighted by Gasteiger charge is -2.01. The molecule has 0 radical (unpaired) electrons. The summed E-state index contributed by atoms with van der Waals surface area (Å²) >= 11 is 1.45. The summed E-state index contributed by atoms with van der Waals surface area (Å²) in [4.78, 5) is 0. The molecule has 3 nitrogen and oxygen atoms in total. The van der Waals surface area contributed by atoms with Crippen molar-refractivity contribution in [3.8, 4) is 11.8 Å². The van der Waals surface area contributed by atoms with Crippen LogP contribution in [0.1, 0.15) is 5.56 Å². The number of anilines is 1. The molecule has 0 aliphatic heterocycles. The Kier molecular flexibility index (Phi) is 2.02. The van der Waals surface area contributed by atoms with Gasteiger partial charge in [-0.2, -0.15) is 5.26 Å². The van der Waals surface area contributed by atoms with Crippen LogP contribution in [-0.4, -0.2) is 5.11 Å². The van der Waals surface area contributed by atoms with Gasteiger partial charge in [0.25, 0.3) is 0 Å². The van der Waals surface area contributed by atoms with E-state index in [1.807, 2.05) is 6.07 Å². The number of rotatable bonds is 1. The first-order valence-electron chi connectivity index (χ1n) is 4.08. The number of hydrogen-bond acceptors (Lipinski definition) is 4.